The van der Waals surface area contributed by atoms with E-state index in [-0.39, 0.29) is 18.3 Å². The molecule has 3 rings (SSSR count). The minimum Gasteiger partial charge on any atom is -0.497 e. The lowest BCUT2D eigenvalue weighted by molar-refractivity contribution is -0.0466. The number of benzene rings is 1. The van der Waals surface area contributed by atoms with E-state index < -0.39 is 6.10 Å². The highest BCUT2D eigenvalue weighted by Crippen LogP contribution is 2.40. The molecule has 0 saturated carbocycles. The molecule has 2 aliphatic heterocycles. The lowest BCUT2D eigenvalue weighted by atomic mass is 9.95. The van der Waals surface area contributed by atoms with Gasteiger partial charge in [0.05, 0.1) is 25.4 Å². The first-order valence-corrected chi connectivity index (χ1v) is 6.85. The van der Waals surface area contributed by atoms with Gasteiger partial charge in [0.15, 0.2) is 0 Å². The molecule has 1 aromatic rings. The number of aliphatic hydroxyl groups excluding tert-OH is 1. The van der Waals surface area contributed by atoms with E-state index in [2.05, 4.69) is 6.92 Å². The molecule has 0 spiro atoms. The second kappa shape index (κ2) is 5.02. The summed E-state index contributed by atoms with van der Waals surface area (Å²) in [5.41, 5.74) is 0.836. The zero-order valence-corrected chi connectivity index (χ0v) is 11.3. The fourth-order valence-corrected chi connectivity index (χ4v) is 2.91. The number of hydrogen-bond acceptors (Lipinski definition) is 4. The third-order valence-corrected chi connectivity index (χ3v) is 3.99. The van der Waals surface area contributed by atoms with E-state index in [4.69, 9.17) is 14.2 Å². The zero-order valence-electron chi connectivity index (χ0n) is 11.3. The highest BCUT2D eigenvalue weighted by Gasteiger charge is 2.36. The third kappa shape index (κ3) is 2.42. The van der Waals surface area contributed by atoms with Crippen LogP contribution in [0.2, 0.25) is 0 Å². The summed E-state index contributed by atoms with van der Waals surface area (Å²) in [4.78, 5) is 0. The van der Waals surface area contributed by atoms with Gasteiger partial charge in [0, 0.05) is 18.1 Å². The van der Waals surface area contributed by atoms with Crippen molar-refractivity contribution < 1.29 is 19.3 Å². The molecular weight excluding hydrogens is 244 g/mol. The van der Waals surface area contributed by atoms with E-state index in [9.17, 15) is 5.11 Å². The van der Waals surface area contributed by atoms with Crippen LogP contribution >= 0.6 is 0 Å². The maximum Gasteiger partial charge on any atom is 0.129 e. The number of rotatable bonds is 2. The summed E-state index contributed by atoms with van der Waals surface area (Å²) < 4.78 is 17.1. The molecule has 4 atom stereocenters. The fourth-order valence-electron chi connectivity index (χ4n) is 2.91. The van der Waals surface area contributed by atoms with Gasteiger partial charge in [0.2, 0.25) is 0 Å². The standard InChI is InChI=1S/C15H20O4/c1-9-3-6-13(18-9)15-8-12(16)11-5-4-10(17-2)7-14(11)19-15/h4-5,7,9,12-13,15-16H,3,6,8H2,1-2H3. The number of aliphatic hydroxyl groups is 1. The van der Waals surface area contributed by atoms with Crippen LogP contribution in [0.25, 0.3) is 0 Å². The molecule has 0 aliphatic carbocycles. The van der Waals surface area contributed by atoms with Gasteiger partial charge in [-0.3, -0.25) is 0 Å². The molecule has 2 aliphatic rings. The molecule has 4 heteroatoms. The highest BCUT2D eigenvalue weighted by atomic mass is 16.6. The Morgan fingerprint density at radius 1 is 1.26 bits per heavy atom. The first-order chi connectivity index (χ1) is 9.17. The monoisotopic (exact) mass is 264 g/mol. The van der Waals surface area contributed by atoms with Gasteiger partial charge in [-0.25, -0.2) is 0 Å². The van der Waals surface area contributed by atoms with Crippen molar-refractivity contribution in [3.05, 3.63) is 23.8 Å². The summed E-state index contributed by atoms with van der Waals surface area (Å²) in [6.07, 6.45) is 2.47. The smallest absolute Gasteiger partial charge is 0.129 e. The molecule has 4 unspecified atom stereocenters. The molecule has 19 heavy (non-hydrogen) atoms. The molecule has 2 heterocycles. The quantitative estimate of drug-likeness (QED) is 0.891. The van der Waals surface area contributed by atoms with Gasteiger partial charge in [-0.1, -0.05) is 0 Å². The van der Waals surface area contributed by atoms with Gasteiger partial charge in [-0.15, -0.1) is 0 Å². The summed E-state index contributed by atoms with van der Waals surface area (Å²) in [7, 11) is 1.63. The van der Waals surface area contributed by atoms with Crippen molar-refractivity contribution >= 4 is 0 Å². The van der Waals surface area contributed by atoms with Crippen LogP contribution in [0.1, 0.15) is 37.9 Å². The number of hydrogen-bond donors (Lipinski definition) is 1. The molecule has 1 N–H and O–H groups in total. The molecule has 0 radical (unpaired) electrons. The normalized spacial score (nSPS) is 33.6. The van der Waals surface area contributed by atoms with E-state index in [0.29, 0.717) is 12.2 Å². The molecule has 4 nitrogen and oxygen atoms in total. The number of methoxy groups -OCH3 is 1. The zero-order chi connectivity index (χ0) is 13.4. The van der Waals surface area contributed by atoms with Crippen molar-refractivity contribution in [2.45, 2.75) is 50.6 Å². The van der Waals surface area contributed by atoms with Crippen LogP contribution in [0.3, 0.4) is 0 Å². The average molecular weight is 264 g/mol. The first-order valence-electron chi connectivity index (χ1n) is 6.85. The van der Waals surface area contributed by atoms with Gasteiger partial charge in [0.1, 0.15) is 17.6 Å². The SMILES string of the molecule is COc1ccc2c(c1)OC(C1CCC(C)O1)CC2O. The van der Waals surface area contributed by atoms with E-state index >= 15 is 0 Å². The number of fused-ring (bicyclic) bond motifs is 1. The maximum atomic E-state index is 10.2. The van der Waals surface area contributed by atoms with Crippen LogP contribution in [0, 0.1) is 0 Å². The van der Waals surface area contributed by atoms with Crippen LogP contribution in [-0.4, -0.2) is 30.5 Å². The Hall–Kier alpha value is -1.26. The number of ether oxygens (including phenoxy) is 3. The van der Waals surface area contributed by atoms with Gasteiger partial charge in [-0.2, -0.15) is 0 Å². The van der Waals surface area contributed by atoms with Crippen LogP contribution in [0.15, 0.2) is 18.2 Å². The highest BCUT2D eigenvalue weighted by molar-refractivity contribution is 5.43. The van der Waals surface area contributed by atoms with Crippen molar-refractivity contribution in [1.82, 2.24) is 0 Å². The third-order valence-electron chi connectivity index (χ3n) is 3.99. The van der Waals surface area contributed by atoms with Crippen LogP contribution in [0.5, 0.6) is 11.5 Å². The van der Waals surface area contributed by atoms with Crippen molar-refractivity contribution in [2.24, 2.45) is 0 Å². The van der Waals surface area contributed by atoms with E-state index in [1.807, 2.05) is 18.2 Å². The Balaban J connectivity index is 1.82. The molecule has 0 amide bonds. The van der Waals surface area contributed by atoms with Crippen molar-refractivity contribution in [3.8, 4) is 11.5 Å². The van der Waals surface area contributed by atoms with Crippen LogP contribution in [-0.2, 0) is 4.74 Å². The van der Waals surface area contributed by atoms with Gasteiger partial charge in [-0.05, 0) is 31.9 Å². The van der Waals surface area contributed by atoms with Gasteiger partial charge in [0.25, 0.3) is 0 Å². The van der Waals surface area contributed by atoms with E-state index in [1.54, 1.807) is 7.11 Å². The maximum absolute atomic E-state index is 10.2. The second-order valence-electron chi connectivity index (χ2n) is 5.37. The second-order valence-corrected chi connectivity index (χ2v) is 5.37. The van der Waals surface area contributed by atoms with E-state index in [0.717, 1.165) is 24.2 Å². The average Bonchev–Trinajstić information content (AvgIpc) is 2.84. The van der Waals surface area contributed by atoms with E-state index in [1.165, 1.54) is 0 Å². The minimum absolute atomic E-state index is 0.0699. The Bertz CT molecular complexity index is 459. The molecule has 0 bridgehead atoms. The van der Waals surface area contributed by atoms with Crippen LogP contribution < -0.4 is 9.47 Å². The van der Waals surface area contributed by atoms with Crippen molar-refractivity contribution in [2.75, 3.05) is 7.11 Å². The summed E-state index contributed by atoms with van der Waals surface area (Å²) in [5.74, 6) is 1.46. The largest absolute Gasteiger partial charge is 0.497 e. The Morgan fingerprint density at radius 2 is 2.11 bits per heavy atom. The van der Waals surface area contributed by atoms with Gasteiger partial charge < -0.3 is 19.3 Å². The van der Waals surface area contributed by atoms with Crippen LogP contribution in [0.4, 0.5) is 0 Å². The molecule has 1 aromatic carbocycles. The first kappa shape index (κ1) is 12.8. The molecule has 1 fully saturated rings. The minimum atomic E-state index is -0.487. The predicted octanol–water partition coefficient (Wildman–Crippen LogP) is 2.45. The Labute approximate surface area is 113 Å². The molecule has 104 valence electrons. The fraction of sp³-hybridized carbons (Fsp3) is 0.600. The molecule has 1 saturated heterocycles. The van der Waals surface area contributed by atoms with Gasteiger partial charge >= 0.3 is 0 Å². The summed E-state index contributed by atoms with van der Waals surface area (Å²) in [6.45, 7) is 2.08. The summed E-state index contributed by atoms with van der Waals surface area (Å²) >= 11 is 0. The summed E-state index contributed by atoms with van der Waals surface area (Å²) in [6, 6.07) is 5.55. The lowest BCUT2D eigenvalue weighted by Crippen LogP contribution is -2.36. The van der Waals surface area contributed by atoms with Crippen molar-refractivity contribution in [1.29, 1.82) is 0 Å². The topological polar surface area (TPSA) is 47.9 Å². The lowest BCUT2D eigenvalue weighted by Gasteiger charge is -2.33. The molecule has 0 aromatic heterocycles. The molecular formula is C15H20O4. The van der Waals surface area contributed by atoms with Crippen molar-refractivity contribution in [3.63, 3.8) is 0 Å². The Kier molecular flexibility index (Phi) is 3.37. The predicted molar refractivity (Wildman–Crippen MR) is 70.6 cm³/mol. The Morgan fingerprint density at radius 3 is 2.79 bits per heavy atom. The summed E-state index contributed by atoms with van der Waals surface area (Å²) in [5, 5.41) is 10.2.